The summed E-state index contributed by atoms with van der Waals surface area (Å²) in [6, 6.07) is 12.4. The zero-order valence-electron chi connectivity index (χ0n) is 14.4. The first-order valence-electron chi connectivity index (χ1n) is 8.64. The standard InChI is InChI=1S/C19H22F2N2O2S/c20-17-9-18(21)11-19(10-17)26(24,25)22-12-16-7-4-8-23(14-16)13-15-5-2-1-3-6-15/h1-3,5-6,9-11,16,22H,4,7-8,12-14H2. The van der Waals surface area contributed by atoms with Crippen LogP contribution in [0.1, 0.15) is 18.4 Å². The van der Waals surface area contributed by atoms with Crippen LogP contribution >= 0.6 is 0 Å². The van der Waals surface area contributed by atoms with Gasteiger partial charge in [0.05, 0.1) is 4.90 Å². The smallest absolute Gasteiger partial charge is 0.240 e. The summed E-state index contributed by atoms with van der Waals surface area (Å²) in [5.41, 5.74) is 1.23. The van der Waals surface area contributed by atoms with Crippen molar-refractivity contribution in [2.24, 2.45) is 5.92 Å². The van der Waals surface area contributed by atoms with Crippen molar-refractivity contribution in [2.75, 3.05) is 19.6 Å². The van der Waals surface area contributed by atoms with Crippen LogP contribution in [0.15, 0.2) is 53.4 Å². The van der Waals surface area contributed by atoms with Crippen LogP contribution in [0.2, 0.25) is 0 Å². The van der Waals surface area contributed by atoms with Gasteiger partial charge in [-0.3, -0.25) is 4.90 Å². The first kappa shape index (κ1) is 18.9. The molecule has 1 atom stereocenters. The van der Waals surface area contributed by atoms with Gasteiger partial charge >= 0.3 is 0 Å². The van der Waals surface area contributed by atoms with Crippen molar-refractivity contribution < 1.29 is 17.2 Å². The van der Waals surface area contributed by atoms with E-state index < -0.39 is 21.7 Å². The lowest BCUT2D eigenvalue weighted by atomic mass is 9.98. The second kappa shape index (κ2) is 8.24. The van der Waals surface area contributed by atoms with E-state index in [4.69, 9.17) is 0 Å². The molecule has 1 aliphatic rings. The number of piperidine rings is 1. The molecule has 4 nitrogen and oxygen atoms in total. The number of hydrogen-bond donors (Lipinski definition) is 1. The Morgan fingerprint density at radius 3 is 2.46 bits per heavy atom. The first-order valence-corrected chi connectivity index (χ1v) is 10.1. The highest BCUT2D eigenvalue weighted by atomic mass is 32.2. The molecule has 1 N–H and O–H groups in total. The van der Waals surface area contributed by atoms with Gasteiger partial charge in [-0.2, -0.15) is 0 Å². The molecule has 0 radical (unpaired) electrons. The summed E-state index contributed by atoms with van der Waals surface area (Å²) in [5, 5.41) is 0. The molecule has 1 saturated heterocycles. The quantitative estimate of drug-likeness (QED) is 0.838. The van der Waals surface area contributed by atoms with Crippen LogP contribution in [0.5, 0.6) is 0 Å². The van der Waals surface area contributed by atoms with Gasteiger partial charge in [0, 0.05) is 25.7 Å². The Hall–Kier alpha value is -1.83. The minimum absolute atomic E-state index is 0.167. The molecule has 0 bridgehead atoms. The van der Waals surface area contributed by atoms with Gasteiger partial charge in [0.15, 0.2) is 0 Å². The Balaban J connectivity index is 1.58. The molecule has 7 heteroatoms. The Morgan fingerprint density at radius 2 is 1.77 bits per heavy atom. The Morgan fingerprint density at radius 1 is 1.08 bits per heavy atom. The molecule has 0 aliphatic carbocycles. The van der Waals surface area contributed by atoms with Crippen molar-refractivity contribution in [2.45, 2.75) is 24.3 Å². The molecule has 26 heavy (non-hydrogen) atoms. The van der Waals surface area contributed by atoms with Crippen molar-refractivity contribution in [1.29, 1.82) is 0 Å². The van der Waals surface area contributed by atoms with Gasteiger partial charge < -0.3 is 0 Å². The predicted octanol–water partition coefficient (Wildman–Crippen LogP) is 3.16. The second-order valence-electron chi connectivity index (χ2n) is 6.69. The molecule has 1 aliphatic heterocycles. The van der Waals surface area contributed by atoms with Gasteiger partial charge in [-0.1, -0.05) is 30.3 Å². The van der Waals surface area contributed by atoms with Crippen LogP contribution in [0.4, 0.5) is 8.78 Å². The minimum atomic E-state index is -3.93. The highest BCUT2D eigenvalue weighted by molar-refractivity contribution is 7.89. The molecule has 2 aromatic carbocycles. The van der Waals surface area contributed by atoms with E-state index >= 15 is 0 Å². The Labute approximate surface area is 152 Å². The van der Waals surface area contributed by atoms with Crippen molar-refractivity contribution in [3.05, 3.63) is 65.7 Å². The molecule has 3 rings (SSSR count). The third kappa shape index (κ3) is 5.09. The van der Waals surface area contributed by atoms with E-state index in [2.05, 4.69) is 21.8 Å². The van der Waals surface area contributed by atoms with Gasteiger partial charge in [-0.05, 0) is 43.0 Å². The summed E-state index contributed by atoms with van der Waals surface area (Å²) in [5.74, 6) is -1.64. The summed E-state index contributed by atoms with van der Waals surface area (Å²) in [4.78, 5) is 1.92. The van der Waals surface area contributed by atoms with E-state index in [1.54, 1.807) is 0 Å². The van der Waals surface area contributed by atoms with Gasteiger partial charge in [0.1, 0.15) is 11.6 Å². The molecule has 0 aromatic heterocycles. The molecular weight excluding hydrogens is 358 g/mol. The van der Waals surface area contributed by atoms with Crippen molar-refractivity contribution in [3.8, 4) is 0 Å². The van der Waals surface area contributed by atoms with E-state index in [-0.39, 0.29) is 17.4 Å². The third-order valence-corrected chi connectivity index (χ3v) is 5.96. The van der Waals surface area contributed by atoms with Crippen LogP contribution in [0.3, 0.4) is 0 Å². The normalized spacial score (nSPS) is 18.8. The molecule has 1 unspecified atom stereocenters. The fourth-order valence-corrected chi connectivity index (χ4v) is 4.45. The fourth-order valence-electron chi connectivity index (χ4n) is 3.30. The SMILES string of the molecule is O=S(=O)(NCC1CCCN(Cc2ccccc2)C1)c1cc(F)cc(F)c1. The molecular formula is C19H22F2N2O2S. The molecule has 0 saturated carbocycles. The highest BCUT2D eigenvalue weighted by Gasteiger charge is 2.23. The van der Waals surface area contributed by atoms with Crippen LogP contribution in [-0.4, -0.2) is 33.0 Å². The lowest BCUT2D eigenvalue weighted by Crippen LogP contribution is -2.40. The van der Waals surface area contributed by atoms with E-state index in [9.17, 15) is 17.2 Å². The monoisotopic (exact) mass is 380 g/mol. The number of hydrogen-bond acceptors (Lipinski definition) is 3. The van der Waals surface area contributed by atoms with E-state index in [0.29, 0.717) is 6.07 Å². The van der Waals surface area contributed by atoms with Crippen LogP contribution in [0, 0.1) is 17.6 Å². The fraction of sp³-hybridized carbons (Fsp3) is 0.368. The summed E-state index contributed by atoms with van der Waals surface area (Å²) in [6.45, 7) is 2.85. The topological polar surface area (TPSA) is 49.4 Å². The van der Waals surface area contributed by atoms with Gasteiger partial charge in [-0.25, -0.2) is 21.9 Å². The average molecular weight is 380 g/mol. The molecule has 0 spiro atoms. The number of likely N-dealkylation sites (tertiary alicyclic amines) is 1. The van der Waals surface area contributed by atoms with Crippen LogP contribution < -0.4 is 4.72 Å². The van der Waals surface area contributed by atoms with Crippen molar-refractivity contribution in [1.82, 2.24) is 9.62 Å². The van der Waals surface area contributed by atoms with Gasteiger partial charge in [-0.15, -0.1) is 0 Å². The summed E-state index contributed by atoms with van der Waals surface area (Å²) >= 11 is 0. The zero-order valence-corrected chi connectivity index (χ0v) is 15.2. The minimum Gasteiger partial charge on any atom is -0.299 e. The average Bonchev–Trinajstić information content (AvgIpc) is 2.60. The number of nitrogens with zero attached hydrogens (tertiary/aromatic N) is 1. The number of halogens is 2. The maximum Gasteiger partial charge on any atom is 0.240 e. The Bertz CT molecular complexity index is 824. The van der Waals surface area contributed by atoms with Crippen LogP contribution in [-0.2, 0) is 16.6 Å². The number of benzene rings is 2. The molecule has 1 fully saturated rings. The molecule has 140 valence electrons. The summed E-state index contributed by atoms with van der Waals surface area (Å²) < 4.78 is 53.6. The predicted molar refractivity (Wildman–Crippen MR) is 96.0 cm³/mol. The maximum absolute atomic E-state index is 13.3. The number of nitrogens with one attached hydrogen (secondary N) is 1. The number of rotatable bonds is 6. The molecule has 0 amide bonds. The van der Waals surface area contributed by atoms with Crippen molar-refractivity contribution >= 4 is 10.0 Å². The van der Waals surface area contributed by atoms with Gasteiger partial charge in [0.25, 0.3) is 0 Å². The summed E-state index contributed by atoms with van der Waals surface area (Å²) in [6.07, 6.45) is 1.92. The molecule has 1 heterocycles. The van der Waals surface area contributed by atoms with E-state index in [1.165, 1.54) is 5.56 Å². The highest BCUT2D eigenvalue weighted by Crippen LogP contribution is 2.19. The third-order valence-electron chi connectivity index (χ3n) is 4.56. The maximum atomic E-state index is 13.3. The molecule has 2 aromatic rings. The lowest BCUT2D eigenvalue weighted by Gasteiger charge is -2.32. The number of sulfonamides is 1. The zero-order chi connectivity index (χ0) is 18.6. The van der Waals surface area contributed by atoms with Crippen molar-refractivity contribution in [3.63, 3.8) is 0 Å². The van der Waals surface area contributed by atoms with Crippen LogP contribution in [0.25, 0.3) is 0 Å². The Kier molecular flexibility index (Phi) is 6.01. The van der Waals surface area contributed by atoms with Gasteiger partial charge in [0.2, 0.25) is 10.0 Å². The largest absolute Gasteiger partial charge is 0.299 e. The lowest BCUT2D eigenvalue weighted by molar-refractivity contribution is 0.169. The first-order chi connectivity index (χ1) is 12.4. The van der Waals surface area contributed by atoms with E-state index in [0.717, 1.165) is 44.6 Å². The second-order valence-corrected chi connectivity index (χ2v) is 8.45. The van der Waals surface area contributed by atoms with E-state index in [1.807, 2.05) is 18.2 Å². The summed E-state index contributed by atoms with van der Waals surface area (Å²) in [7, 11) is -3.93.